The summed E-state index contributed by atoms with van der Waals surface area (Å²) in [5.41, 5.74) is 10.0. The molecule has 22 heavy (non-hydrogen) atoms. The summed E-state index contributed by atoms with van der Waals surface area (Å²) in [4.78, 5) is 20.9. The minimum Gasteiger partial charge on any atom is -0.447 e. The number of guanidine groups is 1. The molecule has 10 heteroatoms. The standard InChI is InChI=1S/C9H9Cl2N3O.C3H7NO3/c10-6-2-1-3-7(11)5(6)4-8(15)14-9(12)13;4-3(6)7-2-1-5/h1-3H,4H2,(H4,12,13,14,15);5H,1-2H2,(H2,4,6). The Balaban J connectivity index is 0.000000534. The van der Waals surface area contributed by atoms with Gasteiger partial charge in [-0.25, -0.2) is 4.79 Å². The van der Waals surface area contributed by atoms with Gasteiger partial charge in [-0.3, -0.25) is 15.5 Å². The summed E-state index contributed by atoms with van der Waals surface area (Å²) in [5.74, 6) is -0.819. The maximum atomic E-state index is 11.3. The number of hydrogen-bond acceptors (Lipinski definition) is 5. The average molecular weight is 351 g/mol. The Morgan fingerprint density at radius 1 is 1.27 bits per heavy atom. The van der Waals surface area contributed by atoms with Crippen molar-refractivity contribution in [3.63, 3.8) is 0 Å². The van der Waals surface area contributed by atoms with Crippen LogP contribution in [0, 0.1) is 5.41 Å². The molecule has 8 nitrogen and oxygen atoms in total. The second-order valence-electron chi connectivity index (χ2n) is 3.73. The van der Waals surface area contributed by atoms with Crippen molar-refractivity contribution < 1.29 is 19.4 Å². The first-order valence-electron chi connectivity index (χ1n) is 5.87. The third-order valence-corrected chi connectivity index (χ3v) is 2.72. The van der Waals surface area contributed by atoms with Gasteiger partial charge in [0.25, 0.3) is 0 Å². The highest BCUT2D eigenvalue weighted by atomic mass is 35.5. The number of nitrogens with one attached hydrogen (secondary N) is 2. The molecular weight excluding hydrogens is 335 g/mol. The number of benzene rings is 1. The van der Waals surface area contributed by atoms with E-state index in [9.17, 15) is 9.59 Å². The zero-order chi connectivity index (χ0) is 17.1. The summed E-state index contributed by atoms with van der Waals surface area (Å²) in [6, 6.07) is 4.98. The maximum Gasteiger partial charge on any atom is 0.404 e. The highest BCUT2D eigenvalue weighted by Crippen LogP contribution is 2.24. The van der Waals surface area contributed by atoms with Gasteiger partial charge in [0.05, 0.1) is 13.0 Å². The van der Waals surface area contributed by atoms with Crippen LogP contribution in [0.4, 0.5) is 4.79 Å². The number of primary amides is 1. The van der Waals surface area contributed by atoms with Gasteiger partial charge in [0.1, 0.15) is 6.61 Å². The van der Waals surface area contributed by atoms with Crippen LogP contribution in [0.5, 0.6) is 0 Å². The highest BCUT2D eigenvalue weighted by Gasteiger charge is 2.10. The number of aliphatic hydroxyl groups is 1. The van der Waals surface area contributed by atoms with E-state index in [4.69, 9.17) is 39.5 Å². The molecule has 7 N–H and O–H groups in total. The summed E-state index contributed by atoms with van der Waals surface area (Å²) in [6.07, 6.45) is -0.855. The van der Waals surface area contributed by atoms with E-state index in [0.717, 1.165) is 0 Å². The third-order valence-electron chi connectivity index (χ3n) is 2.01. The number of carbonyl (C=O) groups is 2. The molecule has 0 aliphatic rings. The molecule has 0 radical (unpaired) electrons. The van der Waals surface area contributed by atoms with Gasteiger partial charge in [0.15, 0.2) is 5.96 Å². The SMILES string of the molecule is N=C(N)NC(=O)Cc1c(Cl)cccc1Cl.NC(=O)OCCO. The minimum atomic E-state index is -0.853. The number of ether oxygens (including phenoxy) is 1. The van der Waals surface area contributed by atoms with Crippen molar-refractivity contribution in [2.24, 2.45) is 11.5 Å². The maximum absolute atomic E-state index is 11.3. The zero-order valence-electron chi connectivity index (χ0n) is 11.4. The average Bonchev–Trinajstić information content (AvgIpc) is 2.40. The van der Waals surface area contributed by atoms with Crippen LogP contribution in [0.3, 0.4) is 0 Å². The number of rotatable bonds is 4. The summed E-state index contributed by atoms with van der Waals surface area (Å²) in [5, 5.41) is 17.8. The number of amides is 2. The highest BCUT2D eigenvalue weighted by molar-refractivity contribution is 6.36. The van der Waals surface area contributed by atoms with Gasteiger partial charge in [0.2, 0.25) is 5.91 Å². The monoisotopic (exact) mass is 350 g/mol. The van der Waals surface area contributed by atoms with Crippen LogP contribution in [-0.4, -0.2) is 36.3 Å². The van der Waals surface area contributed by atoms with Gasteiger partial charge in [-0.2, -0.15) is 0 Å². The fourth-order valence-corrected chi connectivity index (χ4v) is 1.73. The Hall–Kier alpha value is -2.03. The molecule has 0 heterocycles. The van der Waals surface area contributed by atoms with E-state index in [1.807, 2.05) is 0 Å². The van der Waals surface area contributed by atoms with E-state index >= 15 is 0 Å². The van der Waals surface area contributed by atoms with E-state index in [1.165, 1.54) is 0 Å². The van der Waals surface area contributed by atoms with Crippen LogP contribution in [0.1, 0.15) is 5.56 Å². The molecule has 1 rings (SSSR count). The minimum absolute atomic E-state index is 0.00190. The zero-order valence-corrected chi connectivity index (χ0v) is 12.9. The molecule has 0 atom stereocenters. The molecule has 1 aromatic carbocycles. The van der Waals surface area contributed by atoms with Crippen molar-refractivity contribution in [2.45, 2.75) is 6.42 Å². The molecule has 0 aliphatic heterocycles. The van der Waals surface area contributed by atoms with Crippen LogP contribution in [0.2, 0.25) is 10.0 Å². The van der Waals surface area contributed by atoms with Gasteiger partial charge in [-0.15, -0.1) is 0 Å². The van der Waals surface area contributed by atoms with Crippen molar-refractivity contribution in [2.75, 3.05) is 13.2 Å². The predicted molar refractivity (Wildman–Crippen MR) is 82.8 cm³/mol. The summed E-state index contributed by atoms with van der Waals surface area (Å²) < 4.78 is 4.08. The Kier molecular flexibility index (Phi) is 9.68. The topological polar surface area (TPSA) is 152 Å². The Morgan fingerprint density at radius 2 is 1.82 bits per heavy atom. The van der Waals surface area contributed by atoms with Gasteiger partial charge in [-0.05, 0) is 17.7 Å². The first kappa shape index (κ1) is 20.0. The van der Waals surface area contributed by atoms with Gasteiger partial charge < -0.3 is 21.3 Å². The predicted octanol–water partition coefficient (Wildman–Crippen LogP) is 0.620. The molecule has 0 fully saturated rings. The van der Waals surface area contributed by atoms with Crippen molar-refractivity contribution in [1.29, 1.82) is 5.41 Å². The van der Waals surface area contributed by atoms with E-state index in [0.29, 0.717) is 15.6 Å². The van der Waals surface area contributed by atoms with Gasteiger partial charge in [0, 0.05) is 10.0 Å². The third kappa shape index (κ3) is 9.01. The molecule has 0 unspecified atom stereocenters. The van der Waals surface area contributed by atoms with E-state index in [2.05, 4.69) is 15.8 Å². The van der Waals surface area contributed by atoms with Crippen molar-refractivity contribution in [1.82, 2.24) is 5.32 Å². The molecule has 2 amide bonds. The van der Waals surface area contributed by atoms with Crippen molar-refractivity contribution >= 4 is 41.2 Å². The number of halogens is 2. The van der Waals surface area contributed by atoms with Crippen LogP contribution < -0.4 is 16.8 Å². The summed E-state index contributed by atoms with van der Waals surface area (Å²) in [7, 11) is 0. The van der Waals surface area contributed by atoms with Crippen molar-refractivity contribution in [3.8, 4) is 0 Å². The number of nitrogens with two attached hydrogens (primary N) is 2. The lowest BCUT2D eigenvalue weighted by molar-refractivity contribution is -0.119. The Bertz CT molecular complexity index is 520. The Labute approximate surface area is 136 Å². The largest absolute Gasteiger partial charge is 0.447 e. The molecule has 0 saturated carbocycles. The molecule has 0 aliphatic carbocycles. The number of aliphatic hydroxyl groups excluding tert-OH is 1. The smallest absolute Gasteiger partial charge is 0.404 e. The van der Waals surface area contributed by atoms with Crippen molar-refractivity contribution in [3.05, 3.63) is 33.8 Å². The first-order chi connectivity index (χ1) is 10.3. The molecule has 0 bridgehead atoms. The van der Waals surface area contributed by atoms with Crippen LogP contribution in [0.25, 0.3) is 0 Å². The van der Waals surface area contributed by atoms with E-state index < -0.39 is 18.0 Å². The lowest BCUT2D eigenvalue weighted by Crippen LogP contribution is -2.36. The molecule has 0 aromatic heterocycles. The molecule has 122 valence electrons. The Morgan fingerprint density at radius 3 is 2.18 bits per heavy atom. The van der Waals surface area contributed by atoms with Crippen LogP contribution in [0.15, 0.2) is 18.2 Å². The van der Waals surface area contributed by atoms with Crippen LogP contribution in [-0.2, 0) is 16.0 Å². The van der Waals surface area contributed by atoms with E-state index in [1.54, 1.807) is 18.2 Å². The fourth-order valence-electron chi connectivity index (χ4n) is 1.20. The second kappa shape index (κ2) is 10.7. The fraction of sp³-hybridized carbons (Fsp3) is 0.250. The van der Waals surface area contributed by atoms with Gasteiger partial charge >= 0.3 is 6.09 Å². The molecule has 1 aromatic rings. The normalized spacial score (nSPS) is 9.23. The van der Waals surface area contributed by atoms with Crippen LogP contribution >= 0.6 is 23.2 Å². The molecule has 0 saturated heterocycles. The summed E-state index contributed by atoms with van der Waals surface area (Å²) >= 11 is 11.7. The number of carbonyl (C=O) groups excluding carboxylic acids is 2. The summed E-state index contributed by atoms with van der Waals surface area (Å²) in [6.45, 7) is -0.196. The lowest BCUT2D eigenvalue weighted by atomic mass is 10.1. The lowest BCUT2D eigenvalue weighted by Gasteiger charge is -2.06. The quantitative estimate of drug-likeness (QED) is 0.398. The first-order valence-corrected chi connectivity index (χ1v) is 6.63. The second-order valence-corrected chi connectivity index (χ2v) is 4.54. The van der Waals surface area contributed by atoms with E-state index in [-0.39, 0.29) is 19.6 Å². The molecule has 0 spiro atoms. The van der Waals surface area contributed by atoms with Gasteiger partial charge in [-0.1, -0.05) is 29.3 Å². The number of hydrogen-bond donors (Lipinski definition) is 5. The molecular formula is C12H16Cl2N4O4.